The van der Waals surface area contributed by atoms with Crippen molar-refractivity contribution in [2.75, 3.05) is 6.54 Å². The van der Waals surface area contributed by atoms with Crippen molar-refractivity contribution in [3.05, 3.63) is 34.3 Å². The molecule has 0 radical (unpaired) electrons. The molecular weight excluding hydrogens is 350 g/mol. The van der Waals surface area contributed by atoms with E-state index in [0.717, 1.165) is 22.2 Å². The molecule has 3 rings (SSSR count). The molecule has 0 aromatic heterocycles. The first-order chi connectivity index (χ1) is 10.4. The van der Waals surface area contributed by atoms with Gasteiger partial charge in [-0.2, -0.15) is 0 Å². The molecule has 1 heterocycles. The number of urea groups is 1. The Morgan fingerprint density at radius 1 is 1.36 bits per heavy atom. The minimum absolute atomic E-state index is 0.200. The van der Waals surface area contributed by atoms with Crippen LogP contribution in [0.2, 0.25) is 0 Å². The van der Waals surface area contributed by atoms with Crippen LogP contribution in [0.3, 0.4) is 0 Å². The van der Waals surface area contributed by atoms with Gasteiger partial charge in [-0.3, -0.25) is 14.5 Å². The third kappa shape index (κ3) is 2.72. The molecule has 2 aliphatic rings. The summed E-state index contributed by atoms with van der Waals surface area (Å²) in [5.41, 5.74) is -0.461. The first kappa shape index (κ1) is 15.0. The first-order valence-corrected chi connectivity index (χ1v) is 7.89. The summed E-state index contributed by atoms with van der Waals surface area (Å²) in [4.78, 5) is 37.5. The van der Waals surface area contributed by atoms with Gasteiger partial charge in [-0.1, -0.05) is 28.1 Å². The highest BCUT2D eigenvalue weighted by Crippen LogP contribution is 2.29. The maximum atomic E-state index is 12.6. The van der Waals surface area contributed by atoms with Gasteiger partial charge in [-0.15, -0.1) is 0 Å². The van der Waals surface area contributed by atoms with Crippen molar-refractivity contribution >= 4 is 33.8 Å². The highest BCUT2D eigenvalue weighted by Gasteiger charge is 2.49. The number of nitrogens with one attached hydrogen (secondary N) is 2. The summed E-state index contributed by atoms with van der Waals surface area (Å²) in [5, 5.41) is 5.46. The van der Waals surface area contributed by atoms with Gasteiger partial charge in [0.15, 0.2) is 0 Å². The van der Waals surface area contributed by atoms with Crippen LogP contribution in [0.15, 0.2) is 28.7 Å². The molecule has 22 heavy (non-hydrogen) atoms. The molecule has 4 amide bonds. The summed E-state index contributed by atoms with van der Waals surface area (Å²) >= 11 is 3.34. The molecule has 7 heteroatoms. The van der Waals surface area contributed by atoms with Crippen LogP contribution in [-0.4, -0.2) is 35.3 Å². The maximum absolute atomic E-state index is 12.6. The number of imide groups is 1. The maximum Gasteiger partial charge on any atom is 0.325 e. The summed E-state index contributed by atoms with van der Waals surface area (Å²) in [6.07, 6.45) is 1.92. The fourth-order valence-corrected chi connectivity index (χ4v) is 2.73. The van der Waals surface area contributed by atoms with Crippen molar-refractivity contribution in [2.45, 2.75) is 31.3 Å². The molecule has 0 unspecified atom stereocenters. The fourth-order valence-electron chi connectivity index (χ4n) is 2.46. The zero-order valence-electron chi connectivity index (χ0n) is 12.1. The highest BCUT2D eigenvalue weighted by molar-refractivity contribution is 9.10. The molecule has 1 saturated carbocycles. The number of carbonyl (C=O) groups excluding carboxylic acids is 3. The fraction of sp³-hybridized carbons (Fsp3) is 0.400. The minimum Gasteiger partial charge on any atom is -0.352 e. The lowest BCUT2D eigenvalue weighted by atomic mass is 9.92. The van der Waals surface area contributed by atoms with E-state index in [1.165, 1.54) is 0 Å². The van der Waals surface area contributed by atoms with Crippen molar-refractivity contribution in [3.8, 4) is 0 Å². The molecule has 1 aromatic carbocycles. The quantitative estimate of drug-likeness (QED) is 0.793. The van der Waals surface area contributed by atoms with Gasteiger partial charge >= 0.3 is 6.03 Å². The van der Waals surface area contributed by atoms with Crippen LogP contribution in [-0.2, 0) is 15.1 Å². The number of carbonyl (C=O) groups is 3. The minimum atomic E-state index is -1.14. The second kappa shape index (κ2) is 5.39. The Balaban J connectivity index is 1.77. The zero-order chi connectivity index (χ0) is 15.9. The normalized spacial score (nSPS) is 24.4. The van der Waals surface area contributed by atoms with Crippen LogP contribution >= 0.6 is 15.9 Å². The number of nitrogens with zero attached hydrogens (tertiary/aromatic N) is 1. The van der Waals surface area contributed by atoms with Gasteiger partial charge in [-0.05, 0) is 37.5 Å². The molecule has 1 aliphatic heterocycles. The van der Waals surface area contributed by atoms with Gasteiger partial charge in [0.2, 0.25) is 5.91 Å². The predicted octanol–water partition coefficient (Wildman–Crippen LogP) is 1.49. The summed E-state index contributed by atoms with van der Waals surface area (Å²) in [7, 11) is 0. The van der Waals surface area contributed by atoms with Crippen molar-refractivity contribution in [1.82, 2.24) is 15.5 Å². The van der Waals surface area contributed by atoms with E-state index in [0.29, 0.717) is 5.56 Å². The molecule has 1 aliphatic carbocycles. The van der Waals surface area contributed by atoms with E-state index < -0.39 is 17.5 Å². The molecule has 1 atom stereocenters. The molecule has 2 N–H and O–H groups in total. The highest BCUT2D eigenvalue weighted by atomic mass is 79.9. The van der Waals surface area contributed by atoms with Crippen molar-refractivity contribution in [3.63, 3.8) is 0 Å². The van der Waals surface area contributed by atoms with Crippen LogP contribution in [0.4, 0.5) is 4.79 Å². The van der Waals surface area contributed by atoms with Crippen LogP contribution in [0.1, 0.15) is 25.3 Å². The topological polar surface area (TPSA) is 78.5 Å². The van der Waals surface area contributed by atoms with E-state index in [-0.39, 0.29) is 18.5 Å². The average molecular weight is 366 g/mol. The Kier molecular flexibility index (Phi) is 3.68. The Hall–Kier alpha value is -1.89. The number of benzene rings is 1. The van der Waals surface area contributed by atoms with Crippen molar-refractivity contribution in [2.24, 2.45) is 0 Å². The molecule has 0 bridgehead atoms. The second-order valence-corrected chi connectivity index (χ2v) is 6.71. The van der Waals surface area contributed by atoms with Gasteiger partial charge in [0.1, 0.15) is 12.1 Å². The molecule has 116 valence electrons. The summed E-state index contributed by atoms with van der Waals surface area (Å²) < 4.78 is 0.886. The Morgan fingerprint density at radius 2 is 2.00 bits per heavy atom. The van der Waals surface area contributed by atoms with Gasteiger partial charge in [0, 0.05) is 10.5 Å². The standard InChI is InChI=1S/C15H16BrN3O3/c1-15(9-2-4-10(16)5-3-9)13(21)19(14(22)18-15)8-12(20)17-11-6-7-11/h2-5,11H,6-8H2,1H3,(H,17,20)(H,18,22)/t15-/m1/s1. The van der Waals surface area contributed by atoms with Gasteiger partial charge < -0.3 is 10.6 Å². The number of rotatable bonds is 4. The third-order valence-corrected chi connectivity index (χ3v) is 4.47. The van der Waals surface area contributed by atoms with E-state index >= 15 is 0 Å². The SMILES string of the molecule is C[C@]1(c2ccc(Br)cc2)NC(=O)N(CC(=O)NC2CC2)C1=O. The van der Waals surface area contributed by atoms with Crippen LogP contribution in [0, 0.1) is 0 Å². The summed E-state index contributed by atoms with van der Waals surface area (Å²) in [6, 6.07) is 6.82. The number of hydrogen-bond acceptors (Lipinski definition) is 3. The molecule has 0 spiro atoms. The first-order valence-electron chi connectivity index (χ1n) is 7.09. The molecular formula is C15H16BrN3O3. The van der Waals surface area contributed by atoms with E-state index in [1.54, 1.807) is 19.1 Å². The second-order valence-electron chi connectivity index (χ2n) is 5.80. The predicted molar refractivity (Wildman–Crippen MR) is 82.9 cm³/mol. The monoisotopic (exact) mass is 365 g/mol. The Morgan fingerprint density at radius 3 is 2.59 bits per heavy atom. The third-order valence-electron chi connectivity index (χ3n) is 3.94. The van der Waals surface area contributed by atoms with E-state index in [4.69, 9.17) is 0 Å². The van der Waals surface area contributed by atoms with Crippen LogP contribution in [0.25, 0.3) is 0 Å². The number of halogens is 1. The van der Waals surface area contributed by atoms with E-state index in [9.17, 15) is 14.4 Å². The summed E-state index contributed by atoms with van der Waals surface area (Å²) in [5.74, 6) is -0.711. The van der Waals surface area contributed by atoms with Crippen molar-refractivity contribution < 1.29 is 14.4 Å². The Bertz CT molecular complexity index is 642. The van der Waals surface area contributed by atoms with Crippen LogP contribution < -0.4 is 10.6 Å². The van der Waals surface area contributed by atoms with Crippen LogP contribution in [0.5, 0.6) is 0 Å². The lowest BCUT2D eigenvalue weighted by molar-refractivity contribution is -0.134. The van der Waals surface area contributed by atoms with Gasteiger partial charge in [0.05, 0.1) is 0 Å². The summed E-state index contributed by atoms with van der Waals surface area (Å²) in [6.45, 7) is 1.41. The number of hydrogen-bond donors (Lipinski definition) is 2. The van der Waals surface area contributed by atoms with E-state index in [2.05, 4.69) is 26.6 Å². The number of amides is 4. The smallest absolute Gasteiger partial charge is 0.325 e. The van der Waals surface area contributed by atoms with Crippen molar-refractivity contribution in [1.29, 1.82) is 0 Å². The molecule has 1 saturated heterocycles. The van der Waals surface area contributed by atoms with Gasteiger partial charge in [-0.25, -0.2) is 4.79 Å². The molecule has 6 nitrogen and oxygen atoms in total. The lowest BCUT2D eigenvalue weighted by Crippen LogP contribution is -2.43. The Labute approximate surface area is 136 Å². The largest absolute Gasteiger partial charge is 0.352 e. The molecule has 1 aromatic rings. The van der Waals surface area contributed by atoms with E-state index in [1.807, 2.05) is 12.1 Å². The lowest BCUT2D eigenvalue weighted by Gasteiger charge is -2.22. The van der Waals surface area contributed by atoms with Gasteiger partial charge in [0.25, 0.3) is 5.91 Å². The average Bonchev–Trinajstić information content (AvgIpc) is 3.24. The molecule has 2 fully saturated rings. The zero-order valence-corrected chi connectivity index (χ0v) is 13.6.